The van der Waals surface area contributed by atoms with Crippen LogP contribution in [0.4, 0.5) is 0 Å². The zero-order valence-corrected chi connectivity index (χ0v) is 9.41. The summed E-state index contributed by atoms with van der Waals surface area (Å²) in [4.78, 5) is 0. The maximum Gasteiger partial charge on any atom is 0.0571 e. The fraction of sp³-hybridized carbons (Fsp3) is 1.00. The topological polar surface area (TPSA) is 20.2 Å². The number of rotatable bonds is 1. The molecular weight excluding hydrogens is 172 g/mol. The van der Waals surface area contributed by atoms with Gasteiger partial charge in [-0.25, -0.2) is 0 Å². The molecule has 1 nitrogen and oxygen atoms in total. The normalized spacial score (nSPS) is 45.0. The van der Waals surface area contributed by atoms with Crippen LogP contribution in [0, 0.1) is 17.8 Å². The molecule has 1 heteroatoms. The zero-order valence-electron chi connectivity index (χ0n) is 9.41. The first kappa shape index (κ1) is 10.5. The Labute approximate surface area is 87.9 Å². The summed E-state index contributed by atoms with van der Waals surface area (Å²) in [5, 5.41) is 10.0. The van der Waals surface area contributed by atoms with Crippen LogP contribution in [0.5, 0.6) is 0 Å². The molecule has 0 radical (unpaired) electrons. The lowest BCUT2D eigenvalue weighted by Gasteiger charge is -2.38. The molecule has 0 aromatic rings. The molecule has 0 aliphatic heterocycles. The third kappa shape index (κ3) is 2.31. The number of hydrogen-bond donors (Lipinski definition) is 1. The summed E-state index contributed by atoms with van der Waals surface area (Å²) in [6, 6.07) is 0. The quantitative estimate of drug-likeness (QED) is 0.682. The fourth-order valence-electron chi connectivity index (χ4n) is 3.56. The highest BCUT2D eigenvalue weighted by molar-refractivity contribution is 4.83. The molecule has 0 bridgehead atoms. The molecule has 82 valence electrons. The maximum atomic E-state index is 10.0. The molecule has 2 fully saturated rings. The van der Waals surface area contributed by atoms with Gasteiger partial charge in [0.2, 0.25) is 0 Å². The second-order valence-corrected chi connectivity index (χ2v) is 5.55. The van der Waals surface area contributed by atoms with Crippen LogP contribution in [0.1, 0.15) is 58.3 Å². The number of hydrogen-bond acceptors (Lipinski definition) is 1. The molecule has 2 aliphatic rings. The summed E-state index contributed by atoms with van der Waals surface area (Å²) in [5.41, 5.74) is 0. The maximum absolute atomic E-state index is 10.0. The van der Waals surface area contributed by atoms with Crippen molar-refractivity contribution in [3.05, 3.63) is 0 Å². The van der Waals surface area contributed by atoms with E-state index in [1.165, 1.54) is 44.9 Å². The van der Waals surface area contributed by atoms with E-state index in [9.17, 15) is 5.11 Å². The summed E-state index contributed by atoms with van der Waals surface area (Å²) >= 11 is 0. The second-order valence-electron chi connectivity index (χ2n) is 5.55. The Balaban J connectivity index is 1.91. The van der Waals surface area contributed by atoms with Gasteiger partial charge in [-0.1, -0.05) is 39.0 Å². The molecule has 0 heterocycles. The first-order valence-corrected chi connectivity index (χ1v) is 6.45. The predicted octanol–water partition coefficient (Wildman–Crippen LogP) is 3.36. The largest absolute Gasteiger partial charge is 0.393 e. The Hall–Kier alpha value is -0.0400. The molecular formula is C13H24O. The van der Waals surface area contributed by atoms with Gasteiger partial charge >= 0.3 is 0 Å². The highest BCUT2D eigenvalue weighted by Gasteiger charge is 2.32. The Morgan fingerprint density at radius 3 is 2.43 bits per heavy atom. The van der Waals surface area contributed by atoms with E-state index in [4.69, 9.17) is 0 Å². The summed E-state index contributed by atoms with van der Waals surface area (Å²) in [6.45, 7) is 2.38. The predicted molar refractivity (Wildman–Crippen MR) is 59.1 cm³/mol. The molecule has 14 heavy (non-hydrogen) atoms. The van der Waals surface area contributed by atoms with Crippen LogP contribution in [-0.4, -0.2) is 11.2 Å². The highest BCUT2D eigenvalue weighted by atomic mass is 16.3. The molecule has 2 rings (SSSR count). The minimum atomic E-state index is 0.0269. The van der Waals surface area contributed by atoms with Gasteiger partial charge in [-0.15, -0.1) is 0 Å². The van der Waals surface area contributed by atoms with E-state index in [1.807, 2.05) is 0 Å². The van der Waals surface area contributed by atoms with Crippen LogP contribution in [0.15, 0.2) is 0 Å². The average Bonchev–Trinajstić information content (AvgIpc) is 2.18. The Morgan fingerprint density at radius 1 is 0.929 bits per heavy atom. The van der Waals surface area contributed by atoms with Gasteiger partial charge in [-0.2, -0.15) is 0 Å². The Morgan fingerprint density at radius 2 is 1.71 bits per heavy atom. The van der Waals surface area contributed by atoms with Gasteiger partial charge in [-0.3, -0.25) is 0 Å². The van der Waals surface area contributed by atoms with Crippen LogP contribution >= 0.6 is 0 Å². The number of aliphatic hydroxyl groups is 1. The van der Waals surface area contributed by atoms with E-state index >= 15 is 0 Å². The van der Waals surface area contributed by atoms with Crippen molar-refractivity contribution in [2.45, 2.75) is 64.4 Å². The zero-order chi connectivity index (χ0) is 9.97. The Bertz CT molecular complexity index is 178. The lowest BCUT2D eigenvalue weighted by Crippen LogP contribution is -2.33. The highest BCUT2D eigenvalue weighted by Crippen LogP contribution is 2.40. The van der Waals surface area contributed by atoms with Gasteiger partial charge < -0.3 is 5.11 Å². The van der Waals surface area contributed by atoms with Crippen molar-refractivity contribution >= 4 is 0 Å². The summed E-state index contributed by atoms with van der Waals surface area (Å²) < 4.78 is 0. The molecule has 2 aliphatic carbocycles. The van der Waals surface area contributed by atoms with Gasteiger partial charge in [0, 0.05) is 0 Å². The van der Waals surface area contributed by atoms with E-state index in [2.05, 4.69) is 6.92 Å². The molecule has 0 aromatic heterocycles. The minimum absolute atomic E-state index is 0.0269. The SMILES string of the molecule is C[C@@H]1CCC[C@H]([C@@H]2CCCC[C@@H]2O)C1. The third-order valence-corrected chi connectivity index (χ3v) is 4.36. The molecule has 4 atom stereocenters. The standard InChI is InChI=1S/C13H24O/c1-10-5-4-6-11(9-10)12-7-2-3-8-13(12)14/h10-14H,2-9H2,1H3/t10-,11+,12+,13+/m1/s1. The van der Waals surface area contributed by atoms with Gasteiger partial charge in [0.15, 0.2) is 0 Å². The smallest absolute Gasteiger partial charge is 0.0571 e. The van der Waals surface area contributed by atoms with E-state index in [-0.39, 0.29) is 6.10 Å². The number of aliphatic hydroxyl groups excluding tert-OH is 1. The molecule has 0 unspecified atom stereocenters. The van der Waals surface area contributed by atoms with Gasteiger partial charge in [0.25, 0.3) is 0 Å². The van der Waals surface area contributed by atoms with Crippen LogP contribution in [-0.2, 0) is 0 Å². The van der Waals surface area contributed by atoms with Gasteiger partial charge in [-0.05, 0) is 37.0 Å². The molecule has 0 aromatic carbocycles. The van der Waals surface area contributed by atoms with Crippen molar-refractivity contribution in [1.29, 1.82) is 0 Å². The molecule has 1 N–H and O–H groups in total. The molecule has 0 spiro atoms. The van der Waals surface area contributed by atoms with Crippen LogP contribution in [0.2, 0.25) is 0 Å². The second kappa shape index (κ2) is 4.65. The monoisotopic (exact) mass is 196 g/mol. The lowest BCUT2D eigenvalue weighted by atomic mass is 9.70. The molecule has 0 saturated heterocycles. The van der Waals surface area contributed by atoms with E-state index in [1.54, 1.807) is 0 Å². The lowest BCUT2D eigenvalue weighted by molar-refractivity contribution is 0.0194. The molecule has 2 saturated carbocycles. The van der Waals surface area contributed by atoms with Gasteiger partial charge in [0.05, 0.1) is 6.10 Å². The van der Waals surface area contributed by atoms with Crippen molar-refractivity contribution in [2.75, 3.05) is 0 Å². The summed E-state index contributed by atoms with van der Waals surface area (Å²) in [5.74, 6) is 2.39. The van der Waals surface area contributed by atoms with Crippen molar-refractivity contribution in [3.8, 4) is 0 Å². The van der Waals surface area contributed by atoms with Crippen molar-refractivity contribution in [1.82, 2.24) is 0 Å². The van der Waals surface area contributed by atoms with Crippen molar-refractivity contribution in [3.63, 3.8) is 0 Å². The minimum Gasteiger partial charge on any atom is -0.393 e. The van der Waals surface area contributed by atoms with Crippen molar-refractivity contribution in [2.24, 2.45) is 17.8 Å². The first-order valence-electron chi connectivity index (χ1n) is 6.45. The van der Waals surface area contributed by atoms with Gasteiger partial charge in [0.1, 0.15) is 0 Å². The fourth-order valence-corrected chi connectivity index (χ4v) is 3.56. The first-order chi connectivity index (χ1) is 6.77. The van der Waals surface area contributed by atoms with Crippen LogP contribution in [0.3, 0.4) is 0 Å². The summed E-state index contributed by atoms with van der Waals surface area (Å²) in [6.07, 6.45) is 10.6. The van der Waals surface area contributed by atoms with Crippen molar-refractivity contribution < 1.29 is 5.11 Å². The Kier molecular flexibility index (Phi) is 3.48. The molecule has 0 amide bonds. The van der Waals surface area contributed by atoms with E-state index in [0.717, 1.165) is 18.3 Å². The van der Waals surface area contributed by atoms with E-state index < -0.39 is 0 Å². The van der Waals surface area contributed by atoms with Crippen LogP contribution in [0.25, 0.3) is 0 Å². The third-order valence-electron chi connectivity index (χ3n) is 4.36. The van der Waals surface area contributed by atoms with E-state index in [0.29, 0.717) is 5.92 Å². The summed E-state index contributed by atoms with van der Waals surface area (Å²) in [7, 11) is 0. The average molecular weight is 196 g/mol. The van der Waals surface area contributed by atoms with Crippen LogP contribution < -0.4 is 0 Å².